The van der Waals surface area contributed by atoms with E-state index in [0.717, 1.165) is 43.2 Å². The van der Waals surface area contributed by atoms with Gasteiger partial charge < -0.3 is 15.2 Å². The molecule has 5 nitrogen and oxygen atoms in total. The Morgan fingerprint density at radius 1 is 1.14 bits per heavy atom. The zero-order valence-electron chi connectivity index (χ0n) is 16.6. The molecule has 1 fully saturated rings. The summed E-state index contributed by atoms with van der Waals surface area (Å²) in [7, 11) is 1.82. The lowest BCUT2D eigenvalue weighted by Crippen LogP contribution is -2.46. The van der Waals surface area contributed by atoms with Crippen LogP contribution in [-0.4, -0.2) is 30.8 Å². The Labute approximate surface area is 166 Å². The first kappa shape index (κ1) is 17.7. The molecule has 2 aromatic rings. The number of ether oxygens (including phenoxy) is 2. The molecule has 0 amide bonds. The molecule has 1 aromatic heterocycles. The molecule has 2 spiro atoms. The van der Waals surface area contributed by atoms with E-state index in [4.69, 9.17) is 20.2 Å². The second-order valence-electron chi connectivity index (χ2n) is 8.61. The first-order valence-electron chi connectivity index (χ1n) is 10.1. The predicted molar refractivity (Wildman–Crippen MR) is 109 cm³/mol. The SMILES string of the molecule is CO[C@H]1CC[C@]2(CC1)Cc1ccc(-c3cncc(C)c3)cc1[C@@]21COC(N)=N1. The lowest BCUT2D eigenvalue weighted by Gasteiger charge is -2.45. The number of hydrogen-bond acceptors (Lipinski definition) is 5. The van der Waals surface area contributed by atoms with Gasteiger partial charge in [-0.2, -0.15) is 0 Å². The van der Waals surface area contributed by atoms with Crippen LogP contribution in [0.4, 0.5) is 0 Å². The third kappa shape index (κ3) is 2.49. The van der Waals surface area contributed by atoms with Crippen LogP contribution < -0.4 is 5.73 Å². The van der Waals surface area contributed by atoms with Crippen molar-refractivity contribution >= 4 is 6.02 Å². The fraction of sp³-hybridized carbons (Fsp3) is 0.478. The van der Waals surface area contributed by atoms with Crippen molar-refractivity contribution in [1.82, 2.24) is 4.98 Å². The van der Waals surface area contributed by atoms with E-state index in [1.807, 2.05) is 19.5 Å². The summed E-state index contributed by atoms with van der Waals surface area (Å²) in [5, 5.41) is 0. The largest absolute Gasteiger partial charge is 0.462 e. The van der Waals surface area contributed by atoms with Gasteiger partial charge in [0.2, 0.25) is 0 Å². The summed E-state index contributed by atoms with van der Waals surface area (Å²) in [5.41, 5.74) is 11.9. The highest BCUT2D eigenvalue weighted by Gasteiger charge is 2.61. The number of pyridine rings is 1. The third-order valence-corrected chi connectivity index (χ3v) is 7.12. The number of rotatable bonds is 2. The summed E-state index contributed by atoms with van der Waals surface area (Å²) in [6, 6.07) is 9.29. The molecule has 5 heteroatoms. The number of hydrogen-bond donors (Lipinski definition) is 1. The van der Waals surface area contributed by atoms with Crippen LogP contribution in [-0.2, 0) is 21.4 Å². The first-order chi connectivity index (χ1) is 13.6. The van der Waals surface area contributed by atoms with Crippen LogP contribution in [0.5, 0.6) is 0 Å². The lowest BCUT2D eigenvalue weighted by atomic mass is 9.62. The molecule has 0 saturated heterocycles. The van der Waals surface area contributed by atoms with E-state index >= 15 is 0 Å². The number of amidine groups is 1. The van der Waals surface area contributed by atoms with Crippen molar-refractivity contribution in [3.8, 4) is 11.1 Å². The average molecular weight is 377 g/mol. The molecular weight excluding hydrogens is 350 g/mol. The minimum absolute atomic E-state index is 0.0644. The highest BCUT2D eigenvalue weighted by atomic mass is 16.5. The van der Waals surface area contributed by atoms with Gasteiger partial charge in [-0.3, -0.25) is 4.98 Å². The van der Waals surface area contributed by atoms with Gasteiger partial charge in [-0.15, -0.1) is 0 Å². The van der Waals surface area contributed by atoms with Crippen molar-refractivity contribution in [3.63, 3.8) is 0 Å². The van der Waals surface area contributed by atoms with Gasteiger partial charge in [-0.25, -0.2) is 4.99 Å². The number of nitrogens with zero attached hydrogens (tertiary/aromatic N) is 2. The molecule has 1 saturated carbocycles. The van der Waals surface area contributed by atoms with Crippen LogP contribution in [0.2, 0.25) is 0 Å². The third-order valence-electron chi connectivity index (χ3n) is 7.12. The molecule has 2 N–H and O–H groups in total. The van der Waals surface area contributed by atoms with Gasteiger partial charge in [0.05, 0.1) is 6.10 Å². The van der Waals surface area contributed by atoms with Crippen LogP contribution >= 0.6 is 0 Å². The molecule has 2 heterocycles. The van der Waals surface area contributed by atoms with Gasteiger partial charge in [0.1, 0.15) is 12.1 Å². The monoisotopic (exact) mass is 377 g/mol. The fourth-order valence-corrected chi connectivity index (χ4v) is 5.62. The second-order valence-corrected chi connectivity index (χ2v) is 8.61. The smallest absolute Gasteiger partial charge is 0.283 e. The first-order valence-corrected chi connectivity index (χ1v) is 10.1. The van der Waals surface area contributed by atoms with Crippen molar-refractivity contribution < 1.29 is 9.47 Å². The molecule has 0 bridgehead atoms. The summed E-state index contributed by atoms with van der Waals surface area (Å²) in [5.74, 6) is 0. The molecule has 2 aliphatic carbocycles. The van der Waals surface area contributed by atoms with E-state index in [1.165, 1.54) is 16.7 Å². The molecule has 1 aromatic carbocycles. The van der Waals surface area contributed by atoms with Gasteiger partial charge in [0.15, 0.2) is 0 Å². The Bertz CT molecular complexity index is 947. The summed E-state index contributed by atoms with van der Waals surface area (Å²) < 4.78 is 11.4. The summed E-state index contributed by atoms with van der Waals surface area (Å²) in [6.07, 6.45) is 9.50. The molecule has 28 heavy (non-hydrogen) atoms. The van der Waals surface area contributed by atoms with Crippen LogP contribution in [0.25, 0.3) is 11.1 Å². The molecule has 146 valence electrons. The van der Waals surface area contributed by atoms with Crippen molar-refractivity contribution in [1.29, 1.82) is 0 Å². The van der Waals surface area contributed by atoms with Crippen molar-refractivity contribution in [2.75, 3.05) is 13.7 Å². The highest BCUT2D eigenvalue weighted by Crippen LogP contribution is 2.61. The number of benzene rings is 1. The molecular formula is C23H27N3O2. The van der Waals surface area contributed by atoms with Gasteiger partial charge >= 0.3 is 0 Å². The molecule has 0 unspecified atom stereocenters. The number of aryl methyl sites for hydroxylation is 1. The minimum atomic E-state index is -0.377. The van der Waals surface area contributed by atoms with E-state index in [1.54, 1.807) is 0 Å². The zero-order chi connectivity index (χ0) is 19.4. The molecule has 1 atom stereocenters. The highest BCUT2D eigenvalue weighted by molar-refractivity contribution is 5.76. The van der Waals surface area contributed by atoms with Crippen molar-refractivity contribution in [2.24, 2.45) is 16.1 Å². The van der Waals surface area contributed by atoms with Gasteiger partial charge in [-0.1, -0.05) is 12.1 Å². The van der Waals surface area contributed by atoms with Crippen LogP contribution in [0.1, 0.15) is 42.4 Å². The van der Waals surface area contributed by atoms with E-state index in [2.05, 4.69) is 36.2 Å². The predicted octanol–water partition coefficient (Wildman–Crippen LogP) is 3.73. The van der Waals surface area contributed by atoms with Crippen molar-refractivity contribution in [2.45, 2.75) is 50.7 Å². The molecule has 3 aliphatic rings. The molecule has 0 radical (unpaired) electrons. The Morgan fingerprint density at radius 3 is 2.64 bits per heavy atom. The maximum absolute atomic E-state index is 6.05. The van der Waals surface area contributed by atoms with E-state index < -0.39 is 0 Å². The standard InChI is InChI=1S/C23H27N3O2/c1-15-9-18(13-25-12-15)16-3-4-17-11-22(7-5-19(27-2)6-8-22)23(20(17)10-16)14-28-21(24)26-23/h3-4,9-10,12-13,19H,5-8,11,14H2,1-2H3,(H2,24,26)/t19-,22-,23-/m0/s1. The number of methoxy groups -OCH3 is 1. The second kappa shape index (κ2) is 6.31. The number of aromatic nitrogens is 1. The Balaban J connectivity index is 1.61. The van der Waals surface area contributed by atoms with E-state index in [0.29, 0.717) is 18.7 Å². The maximum Gasteiger partial charge on any atom is 0.283 e. The van der Waals surface area contributed by atoms with Gasteiger partial charge in [-0.05, 0) is 73.4 Å². The maximum atomic E-state index is 6.05. The summed E-state index contributed by atoms with van der Waals surface area (Å²) in [6.45, 7) is 2.61. The number of fused-ring (bicyclic) bond motifs is 3. The quantitative estimate of drug-likeness (QED) is 0.866. The topological polar surface area (TPSA) is 69.7 Å². The molecule has 1 aliphatic heterocycles. The number of nitrogens with two attached hydrogens (primary N) is 1. The summed E-state index contributed by atoms with van der Waals surface area (Å²) >= 11 is 0. The Kier molecular flexibility index (Phi) is 3.98. The van der Waals surface area contributed by atoms with Crippen molar-refractivity contribution in [3.05, 3.63) is 53.3 Å². The van der Waals surface area contributed by atoms with Crippen LogP contribution in [0.15, 0.2) is 41.7 Å². The normalized spacial score (nSPS) is 31.1. The minimum Gasteiger partial charge on any atom is -0.462 e. The fourth-order valence-electron chi connectivity index (χ4n) is 5.62. The van der Waals surface area contributed by atoms with Crippen LogP contribution in [0.3, 0.4) is 0 Å². The van der Waals surface area contributed by atoms with E-state index in [-0.39, 0.29) is 11.0 Å². The zero-order valence-corrected chi connectivity index (χ0v) is 16.6. The van der Waals surface area contributed by atoms with E-state index in [9.17, 15) is 0 Å². The Hall–Kier alpha value is -2.40. The Morgan fingerprint density at radius 2 is 1.96 bits per heavy atom. The lowest BCUT2D eigenvalue weighted by molar-refractivity contribution is -0.00983. The average Bonchev–Trinajstić information content (AvgIpc) is 3.22. The van der Waals surface area contributed by atoms with Gasteiger partial charge in [0.25, 0.3) is 6.02 Å². The summed E-state index contributed by atoms with van der Waals surface area (Å²) in [4.78, 5) is 9.33. The molecule has 5 rings (SSSR count). The van der Waals surface area contributed by atoms with Crippen LogP contribution in [0, 0.1) is 12.3 Å². The van der Waals surface area contributed by atoms with Gasteiger partial charge in [0, 0.05) is 30.5 Å². The number of aliphatic imine (C=N–C) groups is 1.